The Morgan fingerprint density at radius 2 is 2.06 bits per heavy atom. The van der Waals surface area contributed by atoms with Gasteiger partial charge in [-0.1, -0.05) is 26.0 Å². The van der Waals surface area contributed by atoms with Crippen molar-refractivity contribution >= 4 is 17.7 Å². The number of likely N-dealkylation sites (N-methyl/N-ethyl adjacent to an activating group) is 1. The molecular weight excluding hydrogens is 400 g/mol. The van der Waals surface area contributed by atoms with E-state index >= 15 is 0 Å². The Morgan fingerprint density at radius 1 is 1.29 bits per heavy atom. The number of benzene rings is 1. The van der Waals surface area contributed by atoms with E-state index in [1.54, 1.807) is 17.8 Å². The summed E-state index contributed by atoms with van der Waals surface area (Å²) in [5, 5.41) is 16.8. The number of carboxylic acid groups (broad SMARTS) is 1. The van der Waals surface area contributed by atoms with Crippen LogP contribution in [0.4, 0.5) is 10.7 Å². The zero-order chi connectivity index (χ0) is 22.5. The number of nitrogens with zero attached hydrogens (tertiary/aromatic N) is 5. The lowest BCUT2D eigenvalue weighted by Gasteiger charge is -2.17. The maximum Gasteiger partial charge on any atom is 0.407 e. The van der Waals surface area contributed by atoms with Crippen LogP contribution < -0.4 is 14.8 Å². The molecule has 31 heavy (non-hydrogen) atoms. The fourth-order valence-electron chi connectivity index (χ4n) is 3.00. The maximum absolute atomic E-state index is 11.0. The number of rotatable bonds is 9. The van der Waals surface area contributed by atoms with Crippen molar-refractivity contribution in [3.63, 3.8) is 0 Å². The monoisotopic (exact) mass is 428 g/mol. The van der Waals surface area contributed by atoms with Gasteiger partial charge in [0.25, 0.3) is 0 Å². The molecule has 0 saturated heterocycles. The second-order valence-corrected chi connectivity index (χ2v) is 7.52. The molecule has 2 aromatic heterocycles. The van der Waals surface area contributed by atoms with Gasteiger partial charge >= 0.3 is 12.1 Å². The van der Waals surface area contributed by atoms with Crippen LogP contribution in [0.3, 0.4) is 0 Å². The van der Waals surface area contributed by atoms with Crippen molar-refractivity contribution in [2.24, 2.45) is 0 Å². The van der Waals surface area contributed by atoms with E-state index in [2.05, 4.69) is 34.2 Å². The molecule has 1 aromatic carbocycles. The Kier molecular flexibility index (Phi) is 6.78. The topological polar surface area (TPSA) is 114 Å². The molecule has 0 aliphatic rings. The first kappa shape index (κ1) is 22.1. The number of amides is 1. The SMILES string of the molecule is COc1cccc(C(C)Nc2nc(OCCN(C)C(=O)O)nc3c(C(C)C)cnn23)c1. The zero-order valence-corrected chi connectivity index (χ0v) is 18.4. The summed E-state index contributed by atoms with van der Waals surface area (Å²) in [6, 6.07) is 7.85. The minimum absolute atomic E-state index is 0.0918. The summed E-state index contributed by atoms with van der Waals surface area (Å²) in [4.78, 5) is 21.1. The number of nitrogens with one attached hydrogen (secondary N) is 1. The highest BCUT2D eigenvalue weighted by Crippen LogP contribution is 2.26. The smallest absolute Gasteiger partial charge is 0.407 e. The summed E-state index contributed by atoms with van der Waals surface area (Å²) in [6.45, 7) is 6.47. The summed E-state index contributed by atoms with van der Waals surface area (Å²) in [5.74, 6) is 1.46. The predicted octanol–water partition coefficient (Wildman–Crippen LogP) is 3.42. The van der Waals surface area contributed by atoms with Gasteiger partial charge in [-0.2, -0.15) is 19.6 Å². The number of anilines is 1. The van der Waals surface area contributed by atoms with Gasteiger partial charge in [0.05, 0.1) is 25.9 Å². The van der Waals surface area contributed by atoms with Crippen LogP contribution in [0.1, 0.15) is 43.9 Å². The summed E-state index contributed by atoms with van der Waals surface area (Å²) >= 11 is 0. The normalized spacial score (nSPS) is 12.1. The van der Waals surface area contributed by atoms with Crippen LogP contribution in [0.5, 0.6) is 11.8 Å². The molecule has 166 valence electrons. The van der Waals surface area contributed by atoms with E-state index in [1.807, 2.05) is 31.2 Å². The first-order valence-electron chi connectivity index (χ1n) is 10.0. The van der Waals surface area contributed by atoms with Crippen molar-refractivity contribution in [3.8, 4) is 11.8 Å². The Hall–Kier alpha value is -3.56. The maximum atomic E-state index is 11.0. The molecule has 3 rings (SSSR count). The van der Waals surface area contributed by atoms with E-state index in [1.165, 1.54) is 7.05 Å². The zero-order valence-electron chi connectivity index (χ0n) is 18.4. The van der Waals surface area contributed by atoms with Gasteiger partial charge in [-0.05, 0) is 30.5 Å². The van der Waals surface area contributed by atoms with Crippen molar-refractivity contribution in [2.45, 2.75) is 32.7 Å². The molecule has 1 atom stereocenters. The van der Waals surface area contributed by atoms with Gasteiger partial charge in [-0.15, -0.1) is 0 Å². The molecule has 2 heterocycles. The third kappa shape index (κ3) is 5.14. The van der Waals surface area contributed by atoms with Gasteiger partial charge in [0.1, 0.15) is 12.4 Å². The lowest BCUT2D eigenvalue weighted by Crippen LogP contribution is -2.29. The lowest BCUT2D eigenvalue weighted by atomic mass is 10.1. The highest BCUT2D eigenvalue weighted by Gasteiger charge is 2.18. The lowest BCUT2D eigenvalue weighted by molar-refractivity contribution is 0.145. The van der Waals surface area contributed by atoms with Crippen LogP contribution in [-0.4, -0.2) is 63.0 Å². The molecule has 10 heteroatoms. The number of hydrogen-bond acceptors (Lipinski definition) is 7. The van der Waals surface area contributed by atoms with Crippen molar-refractivity contribution in [2.75, 3.05) is 32.6 Å². The second-order valence-electron chi connectivity index (χ2n) is 7.52. The molecule has 10 nitrogen and oxygen atoms in total. The number of hydrogen-bond donors (Lipinski definition) is 2. The molecule has 0 bridgehead atoms. The average molecular weight is 428 g/mol. The fraction of sp³-hybridized carbons (Fsp3) is 0.429. The van der Waals surface area contributed by atoms with Gasteiger partial charge in [-0.3, -0.25) is 0 Å². The van der Waals surface area contributed by atoms with E-state index in [4.69, 9.17) is 14.6 Å². The van der Waals surface area contributed by atoms with Gasteiger partial charge in [0.15, 0.2) is 5.65 Å². The minimum atomic E-state index is -1.02. The van der Waals surface area contributed by atoms with Crippen LogP contribution in [0.15, 0.2) is 30.5 Å². The summed E-state index contributed by atoms with van der Waals surface area (Å²) in [7, 11) is 3.11. The van der Waals surface area contributed by atoms with Gasteiger partial charge < -0.3 is 24.8 Å². The molecular formula is C21H28N6O4. The quantitative estimate of drug-likeness (QED) is 0.533. The van der Waals surface area contributed by atoms with Crippen molar-refractivity contribution in [1.29, 1.82) is 0 Å². The number of carbonyl (C=O) groups is 1. The average Bonchev–Trinajstić information content (AvgIpc) is 3.18. The van der Waals surface area contributed by atoms with E-state index in [0.29, 0.717) is 11.6 Å². The number of methoxy groups -OCH3 is 1. The molecule has 1 amide bonds. The molecule has 3 aromatic rings. The predicted molar refractivity (Wildman–Crippen MR) is 116 cm³/mol. The van der Waals surface area contributed by atoms with E-state index in [-0.39, 0.29) is 31.1 Å². The Balaban J connectivity index is 1.90. The third-order valence-electron chi connectivity index (χ3n) is 4.92. The summed E-state index contributed by atoms with van der Waals surface area (Å²) < 4.78 is 12.6. The summed E-state index contributed by atoms with van der Waals surface area (Å²) in [6.07, 6.45) is 0.755. The summed E-state index contributed by atoms with van der Waals surface area (Å²) in [5.41, 5.74) is 2.63. The Labute approximate surface area is 180 Å². The third-order valence-corrected chi connectivity index (χ3v) is 4.92. The molecule has 0 aliphatic heterocycles. The number of ether oxygens (including phenoxy) is 2. The highest BCUT2D eigenvalue weighted by atomic mass is 16.5. The second kappa shape index (κ2) is 9.50. The fourth-order valence-corrected chi connectivity index (χ4v) is 3.00. The minimum Gasteiger partial charge on any atom is -0.497 e. The first-order chi connectivity index (χ1) is 14.8. The van der Waals surface area contributed by atoms with E-state index < -0.39 is 6.09 Å². The van der Waals surface area contributed by atoms with Crippen molar-refractivity contribution in [3.05, 3.63) is 41.6 Å². The highest BCUT2D eigenvalue weighted by molar-refractivity contribution is 5.64. The molecule has 0 radical (unpaired) electrons. The van der Waals surface area contributed by atoms with Crippen LogP contribution in [0.2, 0.25) is 0 Å². The van der Waals surface area contributed by atoms with Crippen molar-refractivity contribution < 1.29 is 19.4 Å². The van der Waals surface area contributed by atoms with Crippen LogP contribution in [-0.2, 0) is 0 Å². The van der Waals surface area contributed by atoms with Crippen LogP contribution in [0, 0.1) is 0 Å². The Bertz CT molecular complexity index is 1050. The molecule has 0 fully saturated rings. The molecule has 0 saturated carbocycles. The van der Waals surface area contributed by atoms with Gasteiger partial charge in [-0.25, -0.2) is 4.79 Å². The first-order valence-corrected chi connectivity index (χ1v) is 10.0. The van der Waals surface area contributed by atoms with Crippen LogP contribution in [0.25, 0.3) is 5.65 Å². The van der Waals surface area contributed by atoms with Crippen LogP contribution >= 0.6 is 0 Å². The largest absolute Gasteiger partial charge is 0.497 e. The van der Waals surface area contributed by atoms with E-state index in [9.17, 15) is 4.79 Å². The van der Waals surface area contributed by atoms with Gasteiger partial charge in [0.2, 0.25) is 5.95 Å². The molecule has 2 N–H and O–H groups in total. The number of fused-ring (bicyclic) bond motifs is 1. The number of aromatic nitrogens is 4. The molecule has 0 aliphatic carbocycles. The van der Waals surface area contributed by atoms with Gasteiger partial charge in [0, 0.05) is 12.6 Å². The van der Waals surface area contributed by atoms with E-state index in [0.717, 1.165) is 21.8 Å². The Morgan fingerprint density at radius 3 is 2.74 bits per heavy atom. The van der Waals surface area contributed by atoms with Crippen molar-refractivity contribution in [1.82, 2.24) is 24.5 Å². The standard InChI is InChI=1S/C21H28N6O4/c1-13(2)17-12-22-27-18(17)24-20(31-10-9-26(4)21(28)29)25-19(27)23-14(3)15-7-6-8-16(11-15)30-5/h6-8,11-14H,9-10H2,1-5H3,(H,28,29)(H,23,24,25). The molecule has 0 spiro atoms. The molecule has 1 unspecified atom stereocenters.